The normalized spacial score (nSPS) is 14.1. The van der Waals surface area contributed by atoms with Gasteiger partial charge in [-0.25, -0.2) is 4.39 Å². The molecule has 3 N–H and O–H groups in total. The van der Waals surface area contributed by atoms with Crippen molar-refractivity contribution in [3.63, 3.8) is 0 Å². The molecule has 0 radical (unpaired) electrons. The molecule has 0 aliphatic rings. The van der Waals surface area contributed by atoms with E-state index in [0.29, 0.717) is 5.56 Å². The molecule has 0 amide bonds. The number of aliphatic hydroxyl groups is 3. The lowest BCUT2D eigenvalue weighted by atomic mass is 10.00. The molecule has 0 fully saturated rings. The molecule has 0 aromatic heterocycles. The highest BCUT2D eigenvalue weighted by Crippen LogP contribution is 2.22. The second kappa shape index (κ2) is 6.30. The van der Waals surface area contributed by atoms with E-state index in [9.17, 15) is 14.6 Å². The van der Waals surface area contributed by atoms with Crippen molar-refractivity contribution < 1.29 is 19.7 Å². The molecule has 0 heterocycles. The van der Waals surface area contributed by atoms with Gasteiger partial charge in [-0.1, -0.05) is 12.1 Å². The second-order valence-corrected chi connectivity index (χ2v) is 3.72. The van der Waals surface area contributed by atoms with Gasteiger partial charge in [-0.3, -0.25) is 0 Å². The smallest absolute Gasteiger partial charge is 0.129 e. The fourth-order valence-electron chi connectivity index (χ4n) is 1.51. The SMILES string of the molecule is N#CCc1ccc(C(O)C(O)CCO)c(F)c1. The van der Waals surface area contributed by atoms with Gasteiger partial charge in [0.2, 0.25) is 0 Å². The summed E-state index contributed by atoms with van der Waals surface area (Å²) in [4.78, 5) is 0. The van der Waals surface area contributed by atoms with E-state index < -0.39 is 18.0 Å². The van der Waals surface area contributed by atoms with Crippen LogP contribution in [0.1, 0.15) is 23.7 Å². The summed E-state index contributed by atoms with van der Waals surface area (Å²) in [5.41, 5.74) is 0.477. The summed E-state index contributed by atoms with van der Waals surface area (Å²) in [5, 5.41) is 36.2. The molecule has 1 aromatic carbocycles. The summed E-state index contributed by atoms with van der Waals surface area (Å²) in [5.74, 6) is -0.665. The summed E-state index contributed by atoms with van der Waals surface area (Å²) in [6.45, 7) is -0.285. The van der Waals surface area contributed by atoms with E-state index in [1.54, 1.807) is 0 Å². The van der Waals surface area contributed by atoms with Crippen LogP contribution in [0.3, 0.4) is 0 Å². The Labute approximate surface area is 98.6 Å². The molecule has 4 nitrogen and oxygen atoms in total. The van der Waals surface area contributed by atoms with Crippen LogP contribution < -0.4 is 0 Å². The van der Waals surface area contributed by atoms with E-state index >= 15 is 0 Å². The van der Waals surface area contributed by atoms with Gasteiger partial charge < -0.3 is 15.3 Å². The molecule has 0 saturated heterocycles. The zero-order valence-corrected chi connectivity index (χ0v) is 9.17. The standard InChI is InChI=1S/C12H14FNO3/c13-10-7-8(3-5-14)1-2-9(10)12(17)11(16)4-6-15/h1-2,7,11-12,15-17H,3-4,6H2. The van der Waals surface area contributed by atoms with E-state index in [1.165, 1.54) is 12.1 Å². The largest absolute Gasteiger partial charge is 0.396 e. The van der Waals surface area contributed by atoms with Gasteiger partial charge in [0, 0.05) is 12.2 Å². The van der Waals surface area contributed by atoms with Crippen LogP contribution in [-0.4, -0.2) is 28.0 Å². The maximum absolute atomic E-state index is 13.6. The fourth-order valence-corrected chi connectivity index (χ4v) is 1.51. The highest BCUT2D eigenvalue weighted by Gasteiger charge is 2.21. The van der Waals surface area contributed by atoms with Gasteiger partial charge >= 0.3 is 0 Å². The molecule has 0 saturated carbocycles. The predicted octanol–water partition coefficient (Wildman–Crippen LogP) is 0.668. The minimum atomic E-state index is -1.38. The number of halogens is 1. The van der Waals surface area contributed by atoms with Crippen LogP contribution in [0.4, 0.5) is 4.39 Å². The Morgan fingerprint density at radius 1 is 1.35 bits per heavy atom. The number of nitrogens with zero attached hydrogens (tertiary/aromatic N) is 1. The molecule has 1 rings (SSSR count). The van der Waals surface area contributed by atoms with Crippen LogP contribution in [0.2, 0.25) is 0 Å². The van der Waals surface area contributed by atoms with Crippen LogP contribution in [-0.2, 0) is 6.42 Å². The van der Waals surface area contributed by atoms with E-state index in [2.05, 4.69) is 0 Å². The molecular formula is C12H14FNO3. The average molecular weight is 239 g/mol. The Morgan fingerprint density at radius 2 is 2.06 bits per heavy atom. The molecule has 0 aliphatic heterocycles. The average Bonchev–Trinajstić information content (AvgIpc) is 2.29. The summed E-state index contributed by atoms with van der Waals surface area (Å²) < 4.78 is 13.6. The Balaban J connectivity index is 2.88. The molecule has 0 spiro atoms. The van der Waals surface area contributed by atoms with Crippen LogP contribution >= 0.6 is 0 Å². The van der Waals surface area contributed by atoms with Crippen molar-refractivity contribution in [2.45, 2.75) is 25.0 Å². The number of rotatable bonds is 5. The van der Waals surface area contributed by atoms with Crippen molar-refractivity contribution in [1.82, 2.24) is 0 Å². The third-order valence-electron chi connectivity index (χ3n) is 2.46. The van der Waals surface area contributed by atoms with Crippen molar-refractivity contribution in [1.29, 1.82) is 5.26 Å². The van der Waals surface area contributed by atoms with Crippen LogP contribution in [0, 0.1) is 17.1 Å². The summed E-state index contributed by atoms with van der Waals surface area (Å²) in [6, 6.07) is 5.92. The van der Waals surface area contributed by atoms with Crippen molar-refractivity contribution >= 4 is 0 Å². The lowest BCUT2D eigenvalue weighted by Gasteiger charge is -2.18. The number of aliphatic hydroxyl groups excluding tert-OH is 3. The lowest BCUT2D eigenvalue weighted by Crippen LogP contribution is -2.20. The predicted molar refractivity (Wildman–Crippen MR) is 58.4 cm³/mol. The van der Waals surface area contributed by atoms with E-state index in [-0.39, 0.29) is 25.0 Å². The summed E-state index contributed by atoms with van der Waals surface area (Å²) >= 11 is 0. The first-order chi connectivity index (χ1) is 8.10. The minimum absolute atomic E-state index is 0.0272. The van der Waals surface area contributed by atoms with E-state index in [0.717, 1.165) is 6.07 Å². The Morgan fingerprint density at radius 3 is 2.59 bits per heavy atom. The highest BCUT2D eigenvalue weighted by molar-refractivity contribution is 5.28. The monoisotopic (exact) mass is 239 g/mol. The topological polar surface area (TPSA) is 84.5 Å². The van der Waals surface area contributed by atoms with Gasteiger partial charge in [0.25, 0.3) is 0 Å². The lowest BCUT2D eigenvalue weighted by molar-refractivity contribution is 0.00235. The molecule has 17 heavy (non-hydrogen) atoms. The summed E-state index contributed by atoms with van der Waals surface area (Å²) in [6.07, 6.45) is -2.53. The second-order valence-electron chi connectivity index (χ2n) is 3.72. The van der Waals surface area contributed by atoms with Crippen LogP contribution in [0.5, 0.6) is 0 Å². The number of benzene rings is 1. The number of hydrogen-bond acceptors (Lipinski definition) is 4. The molecule has 5 heteroatoms. The molecule has 2 unspecified atom stereocenters. The van der Waals surface area contributed by atoms with Gasteiger partial charge in [-0.05, 0) is 18.1 Å². The first kappa shape index (κ1) is 13.6. The van der Waals surface area contributed by atoms with Gasteiger partial charge in [0.15, 0.2) is 0 Å². The van der Waals surface area contributed by atoms with Crippen LogP contribution in [0.15, 0.2) is 18.2 Å². The molecule has 0 bridgehead atoms. The van der Waals surface area contributed by atoms with E-state index in [4.69, 9.17) is 10.4 Å². The summed E-state index contributed by atoms with van der Waals surface area (Å²) in [7, 11) is 0. The van der Waals surface area contributed by atoms with Crippen LogP contribution in [0.25, 0.3) is 0 Å². The Bertz CT molecular complexity index is 417. The zero-order valence-electron chi connectivity index (χ0n) is 9.17. The third-order valence-corrected chi connectivity index (χ3v) is 2.46. The quantitative estimate of drug-likeness (QED) is 0.705. The maximum Gasteiger partial charge on any atom is 0.129 e. The van der Waals surface area contributed by atoms with Crippen molar-refractivity contribution in [2.75, 3.05) is 6.61 Å². The van der Waals surface area contributed by atoms with Crippen molar-refractivity contribution in [3.8, 4) is 6.07 Å². The van der Waals surface area contributed by atoms with E-state index in [1.807, 2.05) is 6.07 Å². The first-order valence-electron chi connectivity index (χ1n) is 5.22. The molecular weight excluding hydrogens is 225 g/mol. The Hall–Kier alpha value is -1.48. The molecule has 0 aliphatic carbocycles. The molecule has 2 atom stereocenters. The zero-order chi connectivity index (χ0) is 12.8. The van der Waals surface area contributed by atoms with Crippen molar-refractivity contribution in [2.24, 2.45) is 0 Å². The minimum Gasteiger partial charge on any atom is -0.396 e. The first-order valence-corrected chi connectivity index (χ1v) is 5.22. The van der Waals surface area contributed by atoms with Gasteiger partial charge in [0.1, 0.15) is 11.9 Å². The molecule has 92 valence electrons. The fraction of sp³-hybridized carbons (Fsp3) is 0.417. The van der Waals surface area contributed by atoms with Gasteiger partial charge in [0.05, 0.1) is 18.6 Å². The number of hydrogen-bond donors (Lipinski definition) is 3. The molecule has 1 aromatic rings. The Kier molecular flexibility index (Phi) is 5.04. The third kappa shape index (κ3) is 3.49. The van der Waals surface area contributed by atoms with Gasteiger partial charge in [-0.2, -0.15) is 5.26 Å². The van der Waals surface area contributed by atoms with Gasteiger partial charge in [-0.15, -0.1) is 0 Å². The number of nitriles is 1. The maximum atomic E-state index is 13.6. The highest BCUT2D eigenvalue weighted by atomic mass is 19.1. The van der Waals surface area contributed by atoms with Crippen molar-refractivity contribution in [3.05, 3.63) is 35.1 Å².